The minimum absolute atomic E-state index is 1.17. The lowest BCUT2D eigenvalue weighted by Gasteiger charge is -2.14. The van der Waals surface area contributed by atoms with E-state index in [2.05, 4.69) is 570 Å². The summed E-state index contributed by atoms with van der Waals surface area (Å²) in [6.45, 7) is 0. The fourth-order valence-corrected chi connectivity index (χ4v) is 24.0. The second-order valence-electron chi connectivity index (χ2n) is 37.6. The Bertz CT molecular complexity index is 10600. The minimum Gasteiger partial charge on any atom is -0.309 e. The topological polar surface area (TPSA) is 39.4 Å². The molecule has 0 saturated carbocycles. The zero-order valence-electron chi connectivity index (χ0n) is 78.4. The fraction of sp³-hybridized carbons (Fsp3) is 0. The number of nitrogens with zero attached hydrogens (tertiary/aromatic N) is 8. The van der Waals surface area contributed by atoms with E-state index < -0.39 is 0 Å². The molecule has 0 fully saturated rings. The summed E-state index contributed by atoms with van der Waals surface area (Å²) >= 11 is 0. The van der Waals surface area contributed by atoms with Crippen molar-refractivity contribution >= 4 is 218 Å². The summed E-state index contributed by atoms with van der Waals surface area (Å²) in [5, 5.41) is 30.5. The standard InChI is InChI=1S/4C34H22N2/c1-2-13-24(14-3-1)35-31-18-8-6-16-26(31)28-22-34-29(21-33(28)35)27-17-7-9-19-32(27)36(34)30-20-10-12-23-11-4-5-15-25(23)30;1-2-13-24(14-3-1)35-31-19-9-7-17-28(31)33-32(35)22-21-27-26-16-6-8-18-30(26)36(34(27)33)29-20-10-12-23-11-4-5-15-25(23)29;1-2-13-24(14-3-1)35-31-18-8-6-16-26(31)28-21-22-29-27-17-7-9-19-32(27)36(34(29)33(28)35)30-20-10-12-23-11-4-5-15-25(23)30;1-2-13-24(14-3-1)35-29-18-8-6-16-26(29)33-31(35)21-22-32-34(33)27-17-7-9-19-30(27)36(32)28-20-10-12-23-11-4-5-15-25(23)28/h4*1-22H. The first-order valence-electron chi connectivity index (χ1n) is 49.6. The number of aromatic nitrogens is 8. The normalized spacial score (nSPS) is 11.9. The SMILES string of the molecule is c1ccc(-n2c3ccccc3c3c2ccc2c4ccccc4n(-c4cccc5ccccc45)c23)cc1.c1ccc(-n2c3ccccc3c3c4c5ccccc5n(-c5cccc6ccccc56)c4ccc32)cc1.c1ccc(-n2c3ccccc3c3cc4c(cc32)c2ccccc2n4-c2cccc3ccccc23)cc1.c1ccc(-n2c3ccccc3c3ccc4c5ccccc5n(-c5cccc6ccccc56)c4c32)cc1. The molecule has 0 unspecified atom stereocenters. The van der Waals surface area contributed by atoms with Crippen LogP contribution in [0.3, 0.4) is 0 Å². The number of rotatable bonds is 8. The molecule has 0 saturated heterocycles. The van der Waals surface area contributed by atoms with Crippen molar-refractivity contribution in [2.24, 2.45) is 0 Å². The summed E-state index contributed by atoms with van der Waals surface area (Å²) in [6, 6.07) is 193. The van der Waals surface area contributed by atoms with Gasteiger partial charge in [-0.1, -0.05) is 382 Å². The summed E-state index contributed by atoms with van der Waals surface area (Å²) in [5.74, 6) is 0. The molecule has 0 aliphatic carbocycles. The Labute approximate surface area is 827 Å². The molecular weight excluding hydrogens is 1750 g/mol. The maximum absolute atomic E-state index is 2.48. The van der Waals surface area contributed by atoms with Gasteiger partial charge in [0.25, 0.3) is 0 Å². The summed E-state index contributed by atoms with van der Waals surface area (Å²) in [6.07, 6.45) is 0. The zero-order valence-corrected chi connectivity index (χ0v) is 78.4. The Morgan fingerprint density at radius 3 is 0.688 bits per heavy atom. The molecule has 672 valence electrons. The highest BCUT2D eigenvalue weighted by Gasteiger charge is 2.28. The van der Waals surface area contributed by atoms with E-state index in [9.17, 15) is 0 Å². The monoisotopic (exact) mass is 1830 g/mol. The molecule has 24 aromatic carbocycles. The molecule has 8 aromatic heterocycles. The molecule has 0 amide bonds. The van der Waals surface area contributed by atoms with E-state index >= 15 is 0 Å². The van der Waals surface area contributed by atoms with E-state index in [1.807, 2.05) is 0 Å². The highest BCUT2D eigenvalue weighted by Crippen LogP contribution is 2.50. The van der Waals surface area contributed by atoms with Crippen molar-refractivity contribution in [1.29, 1.82) is 0 Å². The Kier molecular flexibility index (Phi) is 18.9. The van der Waals surface area contributed by atoms with E-state index in [1.165, 1.54) is 263 Å². The largest absolute Gasteiger partial charge is 0.309 e. The molecule has 0 aliphatic rings. The minimum atomic E-state index is 1.17. The van der Waals surface area contributed by atoms with Crippen LogP contribution in [0.4, 0.5) is 0 Å². The van der Waals surface area contributed by atoms with Crippen molar-refractivity contribution in [1.82, 2.24) is 36.5 Å². The number of para-hydroxylation sites is 12. The van der Waals surface area contributed by atoms with Crippen LogP contribution in [0.2, 0.25) is 0 Å². The second kappa shape index (κ2) is 33.3. The Morgan fingerprint density at radius 1 is 0.0972 bits per heavy atom. The van der Waals surface area contributed by atoms with Gasteiger partial charge in [0.05, 0.1) is 111 Å². The maximum atomic E-state index is 2.48. The molecule has 0 atom stereocenters. The summed E-state index contributed by atoms with van der Waals surface area (Å²) in [5.41, 5.74) is 29.3. The molecule has 32 aromatic rings. The van der Waals surface area contributed by atoms with Crippen LogP contribution < -0.4 is 0 Å². The van der Waals surface area contributed by atoms with Crippen LogP contribution >= 0.6 is 0 Å². The summed E-state index contributed by atoms with van der Waals surface area (Å²) in [7, 11) is 0. The van der Waals surface area contributed by atoms with Crippen molar-refractivity contribution < 1.29 is 0 Å². The van der Waals surface area contributed by atoms with Crippen LogP contribution in [0.25, 0.3) is 263 Å². The Morgan fingerprint density at radius 2 is 0.306 bits per heavy atom. The molecule has 0 N–H and O–H groups in total. The first kappa shape index (κ1) is 81.9. The van der Waals surface area contributed by atoms with Gasteiger partial charge in [-0.15, -0.1) is 0 Å². The van der Waals surface area contributed by atoms with Crippen LogP contribution in [0.15, 0.2) is 534 Å². The van der Waals surface area contributed by atoms with Crippen LogP contribution in [-0.4, -0.2) is 36.5 Å². The molecule has 8 heteroatoms. The van der Waals surface area contributed by atoms with E-state index in [0.717, 1.165) is 0 Å². The van der Waals surface area contributed by atoms with Crippen molar-refractivity contribution in [3.8, 4) is 45.5 Å². The third kappa shape index (κ3) is 12.6. The first-order chi connectivity index (χ1) is 71.6. The maximum Gasteiger partial charge on any atom is 0.0789 e. The number of fused-ring (bicyclic) bond motifs is 31. The van der Waals surface area contributed by atoms with Crippen LogP contribution in [0.1, 0.15) is 0 Å². The Hall–Kier alpha value is -19.3. The van der Waals surface area contributed by atoms with Crippen LogP contribution in [0, 0.1) is 0 Å². The molecule has 144 heavy (non-hydrogen) atoms. The van der Waals surface area contributed by atoms with Gasteiger partial charge in [-0.25, -0.2) is 0 Å². The number of hydrogen-bond donors (Lipinski definition) is 0. The van der Waals surface area contributed by atoms with Crippen molar-refractivity contribution in [2.45, 2.75) is 0 Å². The van der Waals surface area contributed by atoms with Gasteiger partial charge in [0, 0.05) is 130 Å². The third-order valence-electron chi connectivity index (χ3n) is 30.0. The molecule has 8 nitrogen and oxygen atoms in total. The Balaban J connectivity index is 0.0000000913. The van der Waals surface area contributed by atoms with E-state index in [-0.39, 0.29) is 0 Å². The van der Waals surface area contributed by atoms with Gasteiger partial charge in [0.1, 0.15) is 0 Å². The highest BCUT2D eigenvalue weighted by atomic mass is 15.1. The van der Waals surface area contributed by atoms with Gasteiger partial charge in [-0.3, -0.25) is 0 Å². The van der Waals surface area contributed by atoms with Gasteiger partial charge in [-0.2, -0.15) is 0 Å². The molecule has 0 aliphatic heterocycles. The molecule has 0 bridgehead atoms. The lowest BCUT2D eigenvalue weighted by Crippen LogP contribution is -1.99. The lowest BCUT2D eigenvalue weighted by atomic mass is 10.1. The van der Waals surface area contributed by atoms with E-state index in [0.29, 0.717) is 0 Å². The van der Waals surface area contributed by atoms with Gasteiger partial charge in [0.15, 0.2) is 0 Å². The van der Waals surface area contributed by atoms with Gasteiger partial charge >= 0.3 is 0 Å². The van der Waals surface area contributed by atoms with Crippen molar-refractivity contribution in [2.75, 3.05) is 0 Å². The molecule has 0 radical (unpaired) electrons. The molecular formula is C136H88N8. The molecule has 32 rings (SSSR count). The lowest BCUT2D eigenvalue weighted by molar-refractivity contribution is 1.16. The zero-order chi connectivity index (χ0) is 94.6. The predicted octanol–water partition coefficient (Wildman–Crippen LogP) is 36.1. The smallest absolute Gasteiger partial charge is 0.0789 e. The summed E-state index contributed by atoms with van der Waals surface area (Å²) in [4.78, 5) is 0. The quantitative estimate of drug-likeness (QED) is 0.145. The second-order valence-corrected chi connectivity index (χ2v) is 37.6. The summed E-state index contributed by atoms with van der Waals surface area (Å²) < 4.78 is 19.5. The fourth-order valence-electron chi connectivity index (χ4n) is 24.0. The van der Waals surface area contributed by atoms with E-state index in [4.69, 9.17) is 0 Å². The van der Waals surface area contributed by atoms with E-state index in [1.54, 1.807) is 0 Å². The van der Waals surface area contributed by atoms with Gasteiger partial charge in [-0.05, 0) is 173 Å². The molecule has 8 heterocycles. The van der Waals surface area contributed by atoms with Crippen LogP contribution in [-0.2, 0) is 0 Å². The van der Waals surface area contributed by atoms with Crippen LogP contribution in [0.5, 0.6) is 0 Å². The average molecular weight is 1830 g/mol. The first-order valence-corrected chi connectivity index (χ1v) is 49.6. The average Bonchev–Trinajstić information content (AvgIpc) is 1.56. The number of benzene rings is 24. The molecule has 0 spiro atoms. The number of hydrogen-bond acceptors (Lipinski definition) is 0. The van der Waals surface area contributed by atoms with Gasteiger partial charge < -0.3 is 36.5 Å². The van der Waals surface area contributed by atoms with Crippen molar-refractivity contribution in [3.05, 3.63) is 534 Å². The predicted molar refractivity (Wildman–Crippen MR) is 611 cm³/mol. The third-order valence-corrected chi connectivity index (χ3v) is 30.0. The van der Waals surface area contributed by atoms with Crippen molar-refractivity contribution in [3.63, 3.8) is 0 Å². The highest BCUT2D eigenvalue weighted by molar-refractivity contribution is 6.31. The van der Waals surface area contributed by atoms with Gasteiger partial charge in [0.2, 0.25) is 0 Å².